The molecule has 0 atom stereocenters. The van der Waals surface area contributed by atoms with Gasteiger partial charge < -0.3 is 25.0 Å². The summed E-state index contributed by atoms with van der Waals surface area (Å²) in [6, 6.07) is 5.11. The first-order valence-corrected chi connectivity index (χ1v) is 8.80. The molecule has 2 saturated heterocycles. The Hall–Kier alpha value is -2.77. The van der Waals surface area contributed by atoms with E-state index < -0.39 is 0 Å². The van der Waals surface area contributed by atoms with Crippen molar-refractivity contribution in [3.05, 3.63) is 23.8 Å². The van der Waals surface area contributed by atoms with Crippen LogP contribution in [-0.4, -0.2) is 60.5 Å². The molecule has 3 amide bonds. The number of amides is 3. The van der Waals surface area contributed by atoms with E-state index in [2.05, 4.69) is 0 Å². The third-order valence-corrected chi connectivity index (χ3v) is 5.35. The highest BCUT2D eigenvalue weighted by molar-refractivity contribution is 5.96. The molecule has 1 aromatic carbocycles. The van der Waals surface area contributed by atoms with Gasteiger partial charge in [-0.05, 0) is 31.0 Å². The van der Waals surface area contributed by atoms with Crippen LogP contribution in [0.3, 0.4) is 0 Å². The lowest BCUT2D eigenvalue weighted by Gasteiger charge is -2.42. The highest BCUT2D eigenvalue weighted by Gasteiger charge is 2.39. The molecule has 8 nitrogen and oxygen atoms in total. The first-order chi connectivity index (χ1) is 12.5. The van der Waals surface area contributed by atoms with E-state index in [9.17, 15) is 14.4 Å². The number of piperidine rings is 1. The molecule has 3 heterocycles. The fourth-order valence-electron chi connectivity index (χ4n) is 3.66. The summed E-state index contributed by atoms with van der Waals surface area (Å²) >= 11 is 0. The zero-order valence-corrected chi connectivity index (χ0v) is 14.3. The van der Waals surface area contributed by atoms with Gasteiger partial charge >= 0.3 is 0 Å². The van der Waals surface area contributed by atoms with Crippen LogP contribution in [0.1, 0.15) is 23.2 Å². The summed E-state index contributed by atoms with van der Waals surface area (Å²) in [5.41, 5.74) is 5.85. The maximum Gasteiger partial charge on any atom is 0.254 e. The minimum atomic E-state index is -0.291. The average Bonchev–Trinajstić information content (AvgIpc) is 3.08. The zero-order valence-electron chi connectivity index (χ0n) is 14.3. The van der Waals surface area contributed by atoms with Crippen LogP contribution in [0, 0.1) is 11.8 Å². The van der Waals surface area contributed by atoms with Crippen LogP contribution in [0.25, 0.3) is 0 Å². The van der Waals surface area contributed by atoms with Gasteiger partial charge in [-0.15, -0.1) is 0 Å². The van der Waals surface area contributed by atoms with E-state index >= 15 is 0 Å². The number of hydrogen-bond donors (Lipinski definition) is 1. The Morgan fingerprint density at radius 1 is 0.962 bits per heavy atom. The molecule has 0 spiro atoms. The predicted molar refractivity (Wildman–Crippen MR) is 90.5 cm³/mol. The van der Waals surface area contributed by atoms with Crippen LogP contribution >= 0.6 is 0 Å². The molecule has 0 unspecified atom stereocenters. The Balaban J connectivity index is 1.30. The molecule has 0 aliphatic carbocycles. The lowest BCUT2D eigenvalue weighted by Crippen LogP contribution is -2.57. The Bertz CT molecular complexity index is 751. The van der Waals surface area contributed by atoms with E-state index in [0.29, 0.717) is 56.1 Å². The largest absolute Gasteiger partial charge is 0.454 e. The number of nitrogens with zero attached hydrogens (tertiary/aromatic N) is 2. The van der Waals surface area contributed by atoms with Crippen LogP contribution in [0.5, 0.6) is 11.5 Å². The van der Waals surface area contributed by atoms with Crippen molar-refractivity contribution in [3.63, 3.8) is 0 Å². The van der Waals surface area contributed by atoms with Gasteiger partial charge in [-0.3, -0.25) is 14.4 Å². The first-order valence-electron chi connectivity index (χ1n) is 8.80. The Kier molecular flexibility index (Phi) is 4.18. The van der Waals surface area contributed by atoms with E-state index in [0.717, 1.165) is 0 Å². The number of nitrogens with two attached hydrogens (primary N) is 1. The lowest BCUT2D eigenvalue weighted by atomic mass is 9.92. The third kappa shape index (κ3) is 2.95. The molecule has 0 bridgehead atoms. The SMILES string of the molecule is NC(=O)C1CCN(C(=O)C2CN(C(=O)c3ccc4c(c3)OCO4)C2)CC1. The Morgan fingerprint density at radius 3 is 2.35 bits per heavy atom. The highest BCUT2D eigenvalue weighted by atomic mass is 16.7. The fourth-order valence-corrected chi connectivity index (χ4v) is 3.66. The molecule has 4 rings (SSSR count). The minimum absolute atomic E-state index is 0.0580. The van der Waals surface area contributed by atoms with Crippen molar-refractivity contribution in [1.82, 2.24) is 9.80 Å². The van der Waals surface area contributed by atoms with Gasteiger partial charge in [0, 0.05) is 37.7 Å². The topological polar surface area (TPSA) is 102 Å². The molecular formula is C18H21N3O5. The van der Waals surface area contributed by atoms with E-state index in [1.807, 2.05) is 0 Å². The Morgan fingerprint density at radius 2 is 1.65 bits per heavy atom. The molecule has 2 fully saturated rings. The molecule has 0 radical (unpaired) electrons. The van der Waals surface area contributed by atoms with Gasteiger partial charge in [0.15, 0.2) is 11.5 Å². The maximum absolute atomic E-state index is 12.6. The summed E-state index contributed by atoms with van der Waals surface area (Å²) in [6.45, 7) is 2.11. The van der Waals surface area contributed by atoms with E-state index in [4.69, 9.17) is 15.2 Å². The molecule has 1 aromatic rings. The summed E-state index contributed by atoms with van der Waals surface area (Å²) in [4.78, 5) is 39.8. The molecule has 26 heavy (non-hydrogen) atoms. The third-order valence-electron chi connectivity index (χ3n) is 5.35. The second-order valence-corrected chi connectivity index (χ2v) is 6.98. The van der Waals surface area contributed by atoms with Crippen molar-refractivity contribution in [2.75, 3.05) is 33.0 Å². The highest BCUT2D eigenvalue weighted by Crippen LogP contribution is 2.33. The summed E-state index contributed by atoms with van der Waals surface area (Å²) < 4.78 is 10.5. The smallest absolute Gasteiger partial charge is 0.254 e. The molecule has 0 aromatic heterocycles. The summed E-state index contributed by atoms with van der Waals surface area (Å²) in [7, 11) is 0. The quantitative estimate of drug-likeness (QED) is 0.831. The maximum atomic E-state index is 12.6. The number of ether oxygens (including phenoxy) is 2. The van der Waals surface area contributed by atoms with Crippen LogP contribution in [0.15, 0.2) is 18.2 Å². The number of fused-ring (bicyclic) bond motifs is 1. The number of benzene rings is 1. The van der Waals surface area contributed by atoms with E-state index in [1.54, 1.807) is 28.0 Å². The van der Waals surface area contributed by atoms with Crippen molar-refractivity contribution in [2.24, 2.45) is 17.6 Å². The van der Waals surface area contributed by atoms with E-state index in [-0.39, 0.29) is 36.4 Å². The summed E-state index contributed by atoms with van der Waals surface area (Å²) in [6.07, 6.45) is 1.24. The number of hydrogen-bond acceptors (Lipinski definition) is 5. The van der Waals surface area contributed by atoms with Gasteiger partial charge in [0.05, 0.1) is 5.92 Å². The average molecular weight is 359 g/mol. The van der Waals surface area contributed by atoms with Crippen molar-refractivity contribution >= 4 is 17.7 Å². The number of likely N-dealkylation sites (tertiary alicyclic amines) is 2. The van der Waals surface area contributed by atoms with Crippen molar-refractivity contribution < 1.29 is 23.9 Å². The molecule has 2 N–H and O–H groups in total. The molecule has 3 aliphatic rings. The molecule has 138 valence electrons. The normalized spacial score (nSPS) is 20.0. The van der Waals surface area contributed by atoms with Crippen LogP contribution in [0.4, 0.5) is 0 Å². The van der Waals surface area contributed by atoms with E-state index in [1.165, 1.54) is 0 Å². The molecule has 0 saturated carbocycles. The molecule has 3 aliphatic heterocycles. The number of primary amides is 1. The van der Waals surface area contributed by atoms with Crippen LogP contribution in [-0.2, 0) is 9.59 Å². The predicted octanol–water partition coefficient (Wildman–Crippen LogP) is 0.211. The number of rotatable bonds is 3. The Labute approximate surface area is 150 Å². The van der Waals surface area contributed by atoms with Gasteiger partial charge in [0.25, 0.3) is 5.91 Å². The number of carbonyl (C=O) groups excluding carboxylic acids is 3. The molecular weight excluding hydrogens is 338 g/mol. The molecule has 8 heteroatoms. The van der Waals surface area contributed by atoms with Gasteiger partial charge in [-0.25, -0.2) is 0 Å². The summed E-state index contributed by atoms with van der Waals surface area (Å²) in [5, 5.41) is 0. The van der Waals surface area contributed by atoms with Crippen molar-refractivity contribution in [1.29, 1.82) is 0 Å². The van der Waals surface area contributed by atoms with Crippen molar-refractivity contribution in [3.8, 4) is 11.5 Å². The zero-order chi connectivity index (χ0) is 18.3. The fraction of sp³-hybridized carbons (Fsp3) is 0.500. The minimum Gasteiger partial charge on any atom is -0.454 e. The second kappa shape index (κ2) is 6.51. The van der Waals surface area contributed by atoms with Gasteiger partial charge in [-0.2, -0.15) is 0 Å². The van der Waals surface area contributed by atoms with Crippen LogP contribution < -0.4 is 15.2 Å². The van der Waals surface area contributed by atoms with Crippen molar-refractivity contribution in [2.45, 2.75) is 12.8 Å². The monoisotopic (exact) mass is 359 g/mol. The second-order valence-electron chi connectivity index (χ2n) is 6.98. The number of carbonyl (C=O) groups is 3. The summed E-state index contributed by atoms with van der Waals surface area (Å²) in [5.74, 6) is 0.560. The van der Waals surface area contributed by atoms with Gasteiger partial charge in [0.1, 0.15) is 0 Å². The first kappa shape index (κ1) is 16.7. The standard InChI is InChI=1S/C18H21N3O5/c19-16(22)11-3-5-20(6-4-11)18(24)13-8-21(9-13)17(23)12-1-2-14-15(7-12)26-10-25-14/h1-2,7,11,13H,3-6,8-10H2,(H2,19,22). The lowest BCUT2D eigenvalue weighted by molar-refractivity contribution is -0.142. The van der Waals surface area contributed by atoms with Gasteiger partial charge in [0.2, 0.25) is 18.6 Å². The van der Waals surface area contributed by atoms with Crippen LogP contribution in [0.2, 0.25) is 0 Å². The van der Waals surface area contributed by atoms with Gasteiger partial charge in [-0.1, -0.05) is 0 Å².